The van der Waals surface area contributed by atoms with E-state index >= 15 is 0 Å². The summed E-state index contributed by atoms with van der Waals surface area (Å²) in [4.78, 5) is 11.8. The molecule has 0 saturated heterocycles. The van der Waals surface area contributed by atoms with Gasteiger partial charge in [0.1, 0.15) is 11.6 Å². The van der Waals surface area contributed by atoms with Crippen LogP contribution in [0.5, 0.6) is 5.75 Å². The van der Waals surface area contributed by atoms with Crippen LogP contribution in [0.3, 0.4) is 0 Å². The van der Waals surface area contributed by atoms with Crippen molar-refractivity contribution in [3.63, 3.8) is 0 Å². The van der Waals surface area contributed by atoms with Crippen molar-refractivity contribution in [1.29, 1.82) is 0 Å². The van der Waals surface area contributed by atoms with Crippen LogP contribution in [0.25, 0.3) is 5.57 Å². The molecule has 0 fully saturated rings. The number of esters is 1. The summed E-state index contributed by atoms with van der Waals surface area (Å²) in [6, 6.07) is 13.4. The van der Waals surface area contributed by atoms with E-state index in [0.29, 0.717) is 22.4 Å². The van der Waals surface area contributed by atoms with Crippen LogP contribution < -0.4 is 4.74 Å². The van der Waals surface area contributed by atoms with Crippen molar-refractivity contribution in [2.45, 2.75) is 6.92 Å². The first kappa shape index (κ1) is 15.8. The Bertz CT molecular complexity index is 675. The Balaban J connectivity index is 2.50. The predicted octanol–water partition coefficient (Wildman–Crippen LogP) is 3.83. The third-order valence-electron chi connectivity index (χ3n) is 3.11. The second kappa shape index (κ2) is 7.41. The SMILES string of the molecule is CCOC(=O)/C=C(/c1ccc(OC)cc1)c1ccccc1F. The van der Waals surface area contributed by atoms with Gasteiger partial charge in [0, 0.05) is 11.6 Å². The number of methoxy groups -OCH3 is 1. The maximum atomic E-state index is 14.1. The molecule has 2 aromatic rings. The fourth-order valence-corrected chi connectivity index (χ4v) is 2.07. The predicted molar refractivity (Wildman–Crippen MR) is 83.1 cm³/mol. The van der Waals surface area contributed by atoms with Gasteiger partial charge < -0.3 is 9.47 Å². The highest BCUT2D eigenvalue weighted by molar-refractivity contribution is 5.96. The smallest absolute Gasteiger partial charge is 0.331 e. The molecule has 2 aromatic carbocycles. The molecule has 0 amide bonds. The molecular formula is C18H17FO3. The summed E-state index contributed by atoms with van der Waals surface area (Å²) < 4.78 is 24.1. The normalized spacial score (nSPS) is 11.1. The first-order valence-corrected chi connectivity index (χ1v) is 6.93. The fraction of sp³-hybridized carbons (Fsp3) is 0.167. The zero-order valence-corrected chi connectivity index (χ0v) is 12.5. The Morgan fingerprint density at radius 1 is 1.14 bits per heavy atom. The second-order valence-corrected chi connectivity index (χ2v) is 4.52. The van der Waals surface area contributed by atoms with Crippen LogP contribution in [0.15, 0.2) is 54.6 Å². The molecule has 114 valence electrons. The molecular weight excluding hydrogens is 283 g/mol. The van der Waals surface area contributed by atoms with Gasteiger partial charge in [0.05, 0.1) is 13.7 Å². The van der Waals surface area contributed by atoms with Gasteiger partial charge in [-0.3, -0.25) is 0 Å². The number of rotatable bonds is 5. The van der Waals surface area contributed by atoms with Crippen molar-refractivity contribution in [2.75, 3.05) is 13.7 Å². The lowest BCUT2D eigenvalue weighted by atomic mass is 9.97. The number of hydrogen-bond donors (Lipinski definition) is 0. The number of halogens is 1. The Morgan fingerprint density at radius 3 is 2.41 bits per heavy atom. The van der Waals surface area contributed by atoms with Crippen LogP contribution in [0.4, 0.5) is 4.39 Å². The first-order valence-electron chi connectivity index (χ1n) is 6.93. The molecule has 3 nitrogen and oxygen atoms in total. The highest BCUT2D eigenvalue weighted by Crippen LogP contribution is 2.27. The quantitative estimate of drug-likeness (QED) is 0.622. The third kappa shape index (κ3) is 3.73. The van der Waals surface area contributed by atoms with Gasteiger partial charge in [0.2, 0.25) is 0 Å². The minimum Gasteiger partial charge on any atom is -0.497 e. The Hall–Kier alpha value is -2.62. The molecule has 0 unspecified atom stereocenters. The van der Waals surface area contributed by atoms with Gasteiger partial charge in [-0.2, -0.15) is 0 Å². The van der Waals surface area contributed by atoms with Crippen LogP contribution in [0.1, 0.15) is 18.1 Å². The number of hydrogen-bond acceptors (Lipinski definition) is 3. The topological polar surface area (TPSA) is 35.5 Å². The van der Waals surface area contributed by atoms with Crippen molar-refractivity contribution in [1.82, 2.24) is 0 Å². The zero-order chi connectivity index (χ0) is 15.9. The first-order chi connectivity index (χ1) is 10.7. The highest BCUT2D eigenvalue weighted by Gasteiger charge is 2.12. The number of carbonyl (C=O) groups is 1. The number of carbonyl (C=O) groups excluding carboxylic acids is 1. The lowest BCUT2D eigenvalue weighted by Gasteiger charge is -2.10. The zero-order valence-electron chi connectivity index (χ0n) is 12.5. The van der Waals surface area contributed by atoms with Crippen molar-refractivity contribution in [3.8, 4) is 5.75 Å². The lowest BCUT2D eigenvalue weighted by Crippen LogP contribution is -2.02. The van der Waals surface area contributed by atoms with Crippen molar-refractivity contribution >= 4 is 11.5 Å². The average Bonchev–Trinajstić information content (AvgIpc) is 2.54. The van der Waals surface area contributed by atoms with Crippen LogP contribution in [-0.4, -0.2) is 19.7 Å². The molecule has 0 atom stereocenters. The average molecular weight is 300 g/mol. The van der Waals surface area contributed by atoms with E-state index in [-0.39, 0.29) is 6.61 Å². The van der Waals surface area contributed by atoms with Gasteiger partial charge in [0.25, 0.3) is 0 Å². The molecule has 0 aliphatic carbocycles. The van der Waals surface area contributed by atoms with Crippen LogP contribution in [0.2, 0.25) is 0 Å². The van der Waals surface area contributed by atoms with Crippen LogP contribution in [0, 0.1) is 5.82 Å². The van der Waals surface area contributed by atoms with Gasteiger partial charge in [0.15, 0.2) is 0 Å². The van der Waals surface area contributed by atoms with Gasteiger partial charge in [-0.25, -0.2) is 9.18 Å². The van der Waals surface area contributed by atoms with E-state index in [0.717, 1.165) is 0 Å². The lowest BCUT2D eigenvalue weighted by molar-refractivity contribution is -0.137. The minimum absolute atomic E-state index is 0.266. The summed E-state index contributed by atoms with van der Waals surface area (Å²) in [5.41, 5.74) is 1.53. The second-order valence-electron chi connectivity index (χ2n) is 4.52. The summed E-state index contributed by atoms with van der Waals surface area (Å²) in [6.45, 7) is 1.99. The molecule has 0 spiro atoms. The Labute approximate surface area is 129 Å². The Morgan fingerprint density at radius 2 is 1.82 bits per heavy atom. The van der Waals surface area contributed by atoms with E-state index in [1.807, 2.05) is 0 Å². The van der Waals surface area contributed by atoms with Gasteiger partial charge in [-0.15, -0.1) is 0 Å². The molecule has 0 radical (unpaired) electrons. The van der Waals surface area contributed by atoms with Gasteiger partial charge >= 0.3 is 5.97 Å². The van der Waals surface area contributed by atoms with E-state index in [9.17, 15) is 9.18 Å². The highest BCUT2D eigenvalue weighted by atomic mass is 19.1. The van der Waals surface area contributed by atoms with Crippen molar-refractivity contribution in [2.24, 2.45) is 0 Å². The van der Waals surface area contributed by atoms with Crippen molar-refractivity contribution in [3.05, 3.63) is 71.6 Å². The maximum Gasteiger partial charge on any atom is 0.331 e. The Kier molecular flexibility index (Phi) is 5.31. The molecule has 0 bridgehead atoms. The third-order valence-corrected chi connectivity index (χ3v) is 3.11. The molecule has 2 rings (SSSR count). The van der Waals surface area contributed by atoms with Gasteiger partial charge in [-0.1, -0.05) is 30.3 Å². The van der Waals surface area contributed by atoms with Gasteiger partial charge in [-0.05, 0) is 36.3 Å². The number of ether oxygens (including phenoxy) is 2. The van der Waals surface area contributed by atoms with E-state index in [1.54, 1.807) is 56.5 Å². The minimum atomic E-state index is -0.503. The summed E-state index contributed by atoms with van der Waals surface area (Å²) in [5, 5.41) is 0. The molecule has 0 aromatic heterocycles. The summed E-state index contributed by atoms with van der Waals surface area (Å²) in [6.07, 6.45) is 1.31. The van der Waals surface area contributed by atoms with E-state index < -0.39 is 11.8 Å². The largest absolute Gasteiger partial charge is 0.497 e. The van der Waals surface area contributed by atoms with Crippen LogP contribution in [-0.2, 0) is 9.53 Å². The molecule has 0 N–H and O–H groups in total. The van der Waals surface area contributed by atoms with Crippen molar-refractivity contribution < 1.29 is 18.7 Å². The maximum absolute atomic E-state index is 14.1. The monoisotopic (exact) mass is 300 g/mol. The molecule has 4 heteroatoms. The summed E-state index contributed by atoms with van der Waals surface area (Å²) >= 11 is 0. The molecule has 0 aliphatic heterocycles. The van der Waals surface area contributed by atoms with E-state index in [2.05, 4.69) is 0 Å². The molecule has 0 aliphatic rings. The van der Waals surface area contributed by atoms with Crippen LogP contribution >= 0.6 is 0 Å². The van der Waals surface area contributed by atoms with E-state index in [4.69, 9.17) is 9.47 Å². The van der Waals surface area contributed by atoms with E-state index in [1.165, 1.54) is 12.1 Å². The standard InChI is InChI=1S/C18H17FO3/c1-3-22-18(20)12-16(15-6-4-5-7-17(15)19)13-8-10-14(21-2)11-9-13/h4-12H,3H2,1-2H3/b16-12-. The summed E-state index contributed by atoms with van der Waals surface area (Å²) in [7, 11) is 1.57. The summed E-state index contributed by atoms with van der Waals surface area (Å²) in [5.74, 6) is -0.210. The number of benzene rings is 2. The molecule has 22 heavy (non-hydrogen) atoms. The fourth-order valence-electron chi connectivity index (χ4n) is 2.07. The molecule has 0 saturated carbocycles. The molecule has 0 heterocycles.